The lowest BCUT2D eigenvalue weighted by molar-refractivity contribution is -0.242. The highest BCUT2D eigenvalue weighted by Crippen LogP contribution is 2.56. The molecule has 1 aromatic rings. The van der Waals surface area contributed by atoms with Gasteiger partial charge in [-0.15, -0.1) is 0 Å². The number of rotatable bonds is 12. The van der Waals surface area contributed by atoms with Crippen LogP contribution >= 0.6 is 15.4 Å². The average molecular weight is 634 g/mol. The number of hydrogen-bond donors (Lipinski definition) is 9. The van der Waals surface area contributed by atoms with E-state index in [1.807, 2.05) is 0 Å². The van der Waals surface area contributed by atoms with Crippen LogP contribution in [0.2, 0.25) is 0 Å². The fourth-order valence-corrected chi connectivity index (χ4v) is 6.45. The van der Waals surface area contributed by atoms with E-state index in [-0.39, 0.29) is 12.4 Å². The zero-order valence-corrected chi connectivity index (χ0v) is 23.1. The van der Waals surface area contributed by atoms with Gasteiger partial charge in [-0.1, -0.05) is 0 Å². The summed E-state index contributed by atoms with van der Waals surface area (Å²) in [5.41, 5.74) is 4.49. The molecule has 1 aromatic heterocycles. The first-order valence-corrected chi connectivity index (χ1v) is 15.1. The van der Waals surface area contributed by atoms with Crippen LogP contribution in [0, 0.1) is 0 Å². The first kappa shape index (κ1) is 33.6. The molecule has 1 amide bonds. The molecule has 10 N–H and O–H groups in total. The Morgan fingerprint density at radius 2 is 1.93 bits per heavy atom. The summed E-state index contributed by atoms with van der Waals surface area (Å²) in [5.74, 6) is -3.23. The number of phosphoric acid groups is 1. The second-order valence-electron chi connectivity index (χ2n) is 9.10. The normalized spacial score (nSPS) is 32.8. The van der Waals surface area contributed by atoms with Gasteiger partial charge in [0.15, 0.2) is 18.4 Å². The van der Waals surface area contributed by atoms with Gasteiger partial charge in [0.2, 0.25) is 5.91 Å². The molecular formula is C19H32N4O16P2. The molecule has 0 aliphatic carbocycles. The molecule has 0 bridgehead atoms. The van der Waals surface area contributed by atoms with Gasteiger partial charge in [0.25, 0.3) is 0 Å². The molecule has 2 fully saturated rings. The highest BCUT2D eigenvalue weighted by atomic mass is 31.2. The number of aliphatic hydroxyl groups excluding tert-OH is 4. The van der Waals surface area contributed by atoms with Crippen molar-refractivity contribution >= 4 is 27.1 Å². The average Bonchev–Trinajstić information content (AvgIpc) is 3.14. The number of anilines is 1. The summed E-state index contributed by atoms with van der Waals surface area (Å²) >= 11 is 0. The van der Waals surface area contributed by atoms with E-state index >= 15 is 0 Å². The maximum Gasteiger partial charge on any atom is 0.473 e. The molecule has 2 saturated heterocycles. The summed E-state index contributed by atoms with van der Waals surface area (Å²) in [7, 11) is -10.8. The molecule has 41 heavy (non-hydrogen) atoms. The number of ether oxygens (including phenoxy) is 3. The van der Waals surface area contributed by atoms with Crippen molar-refractivity contribution in [2.75, 3.05) is 25.6 Å². The molecule has 0 saturated carbocycles. The van der Waals surface area contributed by atoms with Crippen molar-refractivity contribution in [2.24, 2.45) is 0 Å². The van der Waals surface area contributed by atoms with Gasteiger partial charge in [-0.2, -0.15) is 4.98 Å². The highest BCUT2D eigenvalue weighted by Gasteiger charge is 2.51. The SMILES string of the molecule is CC(=O)N[C@H]1C(OCCO)O[C@@H](C(OP(=O)(O)OC[C@H]2O[C@@H](n3ccc(N)nc3=O)C(O)[C@H]2O)P(=O)(O)O)C[C@H]1O. The van der Waals surface area contributed by atoms with Gasteiger partial charge in [0.1, 0.15) is 36.3 Å². The minimum absolute atomic E-state index is 0.122. The van der Waals surface area contributed by atoms with Crippen LogP contribution in [0.1, 0.15) is 19.6 Å². The Labute approximate surface area is 231 Å². The predicted octanol–water partition coefficient (Wildman–Crippen LogP) is -3.93. The zero-order valence-electron chi connectivity index (χ0n) is 21.4. The van der Waals surface area contributed by atoms with Crippen LogP contribution in [-0.4, -0.2) is 119 Å². The molecule has 0 spiro atoms. The first-order valence-electron chi connectivity index (χ1n) is 11.9. The van der Waals surface area contributed by atoms with E-state index in [1.165, 1.54) is 6.07 Å². The van der Waals surface area contributed by atoms with Crippen LogP contribution in [-0.2, 0) is 37.2 Å². The van der Waals surface area contributed by atoms with Crippen LogP contribution in [0.3, 0.4) is 0 Å². The number of nitrogen functional groups attached to an aromatic ring is 1. The number of carbonyl (C=O) groups excluding carboxylic acids is 1. The molecule has 4 unspecified atom stereocenters. The Bertz CT molecular complexity index is 1210. The van der Waals surface area contributed by atoms with Crippen molar-refractivity contribution in [1.82, 2.24) is 14.9 Å². The van der Waals surface area contributed by atoms with Gasteiger partial charge in [0.05, 0.1) is 25.9 Å². The molecule has 20 nitrogen and oxygen atoms in total. The molecule has 0 radical (unpaired) electrons. The second kappa shape index (κ2) is 13.6. The molecule has 10 atom stereocenters. The summed E-state index contributed by atoms with van der Waals surface area (Å²) in [6.07, 6.45) is -10.9. The lowest BCUT2D eigenvalue weighted by atomic mass is 10.00. The Morgan fingerprint density at radius 3 is 2.51 bits per heavy atom. The van der Waals surface area contributed by atoms with Crippen molar-refractivity contribution in [3.05, 3.63) is 22.7 Å². The number of amides is 1. The van der Waals surface area contributed by atoms with Crippen molar-refractivity contribution in [2.45, 2.75) is 68.3 Å². The highest BCUT2D eigenvalue weighted by molar-refractivity contribution is 7.54. The first-order chi connectivity index (χ1) is 19.0. The molecule has 3 heterocycles. The molecule has 234 valence electrons. The third kappa shape index (κ3) is 8.59. The number of carbonyl (C=O) groups is 1. The molecule has 0 aromatic carbocycles. The molecule has 3 rings (SSSR count). The quantitative estimate of drug-likeness (QED) is 0.0991. The minimum Gasteiger partial charge on any atom is -0.394 e. The van der Waals surface area contributed by atoms with Gasteiger partial charge < -0.3 is 60.4 Å². The standard InChI is InChI=1S/C19H32N4O16P2/c1-8(25)21-13-9(26)6-10(38-17(13)35-5-4-24)18(40(30,31)32)39-41(33,34)36-7-11-14(27)15(28)16(37-11)23-3-2-12(20)22-19(23)29/h2-3,9-11,13-18,24,26-28H,4-7H2,1H3,(H,21,25)(H,33,34)(H2,20,22,29)(H2,30,31,32)/t9-,10-,11-,13-,14+,15?,16-,17?,18?/m1/s1. The van der Waals surface area contributed by atoms with Crippen molar-refractivity contribution in [1.29, 1.82) is 0 Å². The third-order valence-electron chi connectivity index (χ3n) is 5.99. The Morgan fingerprint density at radius 1 is 1.24 bits per heavy atom. The van der Waals surface area contributed by atoms with E-state index in [9.17, 15) is 48.7 Å². The molecular weight excluding hydrogens is 602 g/mol. The Balaban J connectivity index is 1.71. The number of nitrogens with zero attached hydrogens (tertiary/aromatic N) is 2. The van der Waals surface area contributed by atoms with Crippen LogP contribution < -0.4 is 16.7 Å². The summed E-state index contributed by atoms with van der Waals surface area (Å²) in [4.78, 5) is 57.0. The number of nitrogens with two attached hydrogens (primary N) is 1. The monoisotopic (exact) mass is 634 g/mol. The maximum absolute atomic E-state index is 12.7. The van der Waals surface area contributed by atoms with Crippen molar-refractivity contribution < 1.29 is 72.3 Å². The fraction of sp³-hybridized carbons (Fsp3) is 0.737. The summed E-state index contributed by atoms with van der Waals surface area (Å²) in [6, 6.07) is -0.0117. The van der Waals surface area contributed by atoms with Crippen LogP contribution in [0.5, 0.6) is 0 Å². The predicted molar refractivity (Wildman–Crippen MR) is 131 cm³/mol. The number of phosphoric ester groups is 1. The van der Waals surface area contributed by atoms with E-state index in [0.717, 1.165) is 17.7 Å². The lowest BCUT2D eigenvalue weighted by Gasteiger charge is -2.41. The van der Waals surface area contributed by atoms with E-state index in [2.05, 4.69) is 10.3 Å². The maximum atomic E-state index is 12.7. The third-order valence-corrected chi connectivity index (χ3v) is 8.23. The van der Waals surface area contributed by atoms with Crippen LogP contribution in [0.25, 0.3) is 0 Å². The second-order valence-corrected chi connectivity index (χ2v) is 12.2. The number of aromatic nitrogens is 2. The number of nitrogens with one attached hydrogen (secondary N) is 1. The van der Waals surface area contributed by atoms with E-state index in [0.29, 0.717) is 0 Å². The Kier molecular flexibility index (Phi) is 11.2. The van der Waals surface area contributed by atoms with E-state index < -0.39 is 102 Å². The molecule has 2 aliphatic heterocycles. The van der Waals surface area contributed by atoms with Gasteiger partial charge in [0, 0.05) is 19.5 Å². The van der Waals surface area contributed by atoms with E-state index in [4.69, 9.17) is 34.1 Å². The number of hydrogen-bond acceptors (Lipinski definition) is 15. The van der Waals surface area contributed by atoms with Gasteiger partial charge in [-0.25, -0.2) is 9.36 Å². The van der Waals surface area contributed by atoms with E-state index in [1.54, 1.807) is 0 Å². The summed E-state index contributed by atoms with van der Waals surface area (Å²) < 4.78 is 51.3. The molecule has 22 heteroatoms. The smallest absolute Gasteiger partial charge is 0.394 e. The van der Waals surface area contributed by atoms with Crippen molar-refractivity contribution in [3.8, 4) is 0 Å². The minimum atomic E-state index is -5.44. The zero-order chi connectivity index (χ0) is 30.7. The topological polar surface area (TPSA) is 312 Å². The fourth-order valence-electron chi connectivity index (χ4n) is 4.17. The van der Waals surface area contributed by atoms with Gasteiger partial charge in [-0.05, 0) is 6.07 Å². The summed E-state index contributed by atoms with van der Waals surface area (Å²) in [5, 5.41) is 42.5. The van der Waals surface area contributed by atoms with Gasteiger partial charge >= 0.3 is 21.1 Å². The summed E-state index contributed by atoms with van der Waals surface area (Å²) in [6.45, 7) is -0.716. The van der Waals surface area contributed by atoms with Crippen molar-refractivity contribution in [3.63, 3.8) is 0 Å². The van der Waals surface area contributed by atoms with Crippen LogP contribution in [0.15, 0.2) is 17.1 Å². The van der Waals surface area contributed by atoms with Gasteiger partial charge in [-0.3, -0.25) is 23.0 Å². The van der Waals surface area contributed by atoms with Crippen LogP contribution in [0.4, 0.5) is 5.82 Å². The molecule has 2 aliphatic rings. The largest absolute Gasteiger partial charge is 0.473 e. The Hall–Kier alpha value is -1.87. The lowest BCUT2D eigenvalue weighted by Crippen LogP contribution is -2.59. The number of aliphatic hydroxyl groups is 4.